The van der Waals surface area contributed by atoms with Gasteiger partial charge >= 0.3 is 8.12 Å². The van der Waals surface area contributed by atoms with Gasteiger partial charge in [-0.05, 0) is 56.1 Å². The Labute approximate surface area is 421 Å². The molecule has 0 saturated heterocycles. The van der Waals surface area contributed by atoms with E-state index in [2.05, 4.69) is 168 Å². The van der Waals surface area contributed by atoms with Crippen molar-refractivity contribution < 1.29 is 47.0 Å². The molecule has 0 amide bonds. The van der Waals surface area contributed by atoms with Crippen LogP contribution in [0.2, 0.25) is 0 Å². The topological polar surface area (TPSA) is 0 Å². The Bertz CT molecular complexity index is 1990. The Balaban J connectivity index is -0.000000224. The zero-order chi connectivity index (χ0) is 46.5. The van der Waals surface area contributed by atoms with Crippen LogP contribution in [0.4, 0.5) is 12.9 Å². The van der Waals surface area contributed by atoms with E-state index in [1.807, 2.05) is 89.2 Å². The molecule has 2 aliphatic rings. The van der Waals surface area contributed by atoms with Gasteiger partial charge in [0.2, 0.25) is 0 Å². The van der Waals surface area contributed by atoms with Crippen molar-refractivity contribution in [2.75, 3.05) is 13.8 Å². The first-order valence-corrected chi connectivity index (χ1v) is 21.3. The molecule has 0 bridgehead atoms. The first-order valence-electron chi connectivity index (χ1n) is 21.3. The zero-order valence-corrected chi connectivity index (χ0v) is 41.3. The molecule has 0 aromatic heterocycles. The van der Waals surface area contributed by atoms with Crippen molar-refractivity contribution in [1.29, 1.82) is 1.28 Å². The Kier molecular flexibility index (Phi) is 45.2. The van der Waals surface area contributed by atoms with Crippen molar-refractivity contribution in [3.63, 3.8) is 0 Å². The molecule has 1 unspecified atom stereocenters. The van der Waals surface area contributed by atoms with E-state index in [1.54, 1.807) is 0 Å². The van der Waals surface area contributed by atoms with Gasteiger partial charge in [-0.15, -0.1) is 23.3 Å². The molecule has 0 fully saturated rings. The predicted octanol–water partition coefficient (Wildman–Crippen LogP) is 18.9. The summed E-state index contributed by atoms with van der Waals surface area (Å²) in [7, 11) is 0.130. The summed E-state index contributed by atoms with van der Waals surface area (Å²) in [5.74, 6) is 0. The van der Waals surface area contributed by atoms with Crippen LogP contribution in [0.1, 0.15) is 97.2 Å². The van der Waals surface area contributed by atoms with Crippen molar-refractivity contribution in [1.82, 2.24) is 0 Å². The summed E-state index contributed by atoms with van der Waals surface area (Å²) in [6.07, 6.45) is 4.40. The third-order valence-electron chi connectivity index (χ3n) is 8.46. The van der Waals surface area contributed by atoms with Gasteiger partial charge in [0, 0.05) is 32.7 Å². The van der Waals surface area contributed by atoms with Crippen LogP contribution in [0.15, 0.2) is 188 Å². The third kappa shape index (κ3) is 25.2. The number of rotatable bonds is 0. The Morgan fingerprint density at radius 3 is 0.891 bits per heavy atom. The maximum Gasteiger partial charge on any atom is 0.350 e. The number of allylic oxidation sites excluding steroid dienone is 1. The molecule has 6 heteroatoms. The second-order valence-corrected chi connectivity index (χ2v) is 12.7. The van der Waals surface area contributed by atoms with E-state index >= 15 is 0 Å². The van der Waals surface area contributed by atoms with Gasteiger partial charge < -0.3 is 4.32 Å². The fourth-order valence-electron chi connectivity index (χ4n) is 5.97. The third-order valence-corrected chi connectivity index (χ3v) is 8.46. The molecular formula is C58H76BF3PY-. The summed E-state index contributed by atoms with van der Waals surface area (Å²) < 4.78 is 41.2. The first kappa shape index (κ1) is 64.0. The number of fused-ring (bicyclic) bond motifs is 6. The molecule has 341 valence electrons. The van der Waals surface area contributed by atoms with Gasteiger partial charge in [-0.2, -0.15) is 5.57 Å². The van der Waals surface area contributed by atoms with Crippen LogP contribution in [-0.2, 0) is 39.1 Å². The largest absolute Gasteiger partial charge is 0.350 e. The molecule has 0 spiro atoms. The van der Waals surface area contributed by atoms with E-state index < -0.39 is 16.0 Å². The average Bonchev–Trinajstić information content (AvgIpc) is 3.86. The fourth-order valence-corrected chi connectivity index (χ4v) is 5.97. The van der Waals surface area contributed by atoms with Crippen LogP contribution in [-0.4, -0.2) is 23.2 Å². The van der Waals surface area contributed by atoms with Crippen LogP contribution >= 0.6 is 8.84 Å². The predicted molar refractivity (Wildman–Crippen MR) is 284 cm³/mol. The van der Waals surface area contributed by atoms with E-state index in [1.165, 1.54) is 73.4 Å². The summed E-state index contributed by atoms with van der Waals surface area (Å²) in [5.41, 5.74) is 16.2. The molecule has 0 heterocycles. The van der Waals surface area contributed by atoms with E-state index in [-0.39, 0.29) is 55.0 Å². The van der Waals surface area contributed by atoms with E-state index in [0.29, 0.717) is 0 Å². The molecule has 2 aliphatic carbocycles. The van der Waals surface area contributed by atoms with Crippen molar-refractivity contribution in [2.24, 2.45) is 0 Å². The Morgan fingerprint density at radius 1 is 0.469 bits per heavy atom. The Hall–Kier alpha value is -4.33. The molecule has 7 aromatic carbocycles. The van der Waals surface area contributed by atoms with Crippen molar-refractivity contribution in [3.8, 4) is 22.3 Å². The molecule has 64 heavy (non-hydrogen) atoms. The standard InChI is InChI=1S/C15H11.C13H10.3C7H8.2C2H6.CH4FP.CH3F.3CH4.BF.Y/c1-2-11-12-7-3-5-9-14(12)15-10-6-4-8-13(11)15;1-3-7-12-10(5-1)9-11-6-2-4-8-13(11)12;3*1-7-5-3-2-4-6-7;2*1-2;1-3-2;1-2;;;;1-2;/h3-10H,1H3;1-8H,9H2;3*2-6H,1H3;2*1-2H3;3H,1H3;1H3;3*1H4;;/q-1;;;;;;;;;;;;;/i;;;;;;;3D;1D;;;;;. The molecular weight excluding hydrogens is 884 g/mol. The normalized spacial score (nSPS) is 9.78. The summed E-state index contributed by atoms with van der Waals surface area (Å²) >= 11 is 0. The summed E-state index contributed by atoms with van der Waals surface area (Å²) in [4.78, 5) is 0. The summed E-state index contributed by atoms with van der Waals surface area (Å²) in [6, 6.07) is 65.1. The van der Waals surface area contributed by atoms with Crippen LogP contribution in [0.5, 0.6) is 0 Å². The minimum absolute atomic E-state index is 0. The van der Waals surface area contributed by atoms with Gasteiger partial charge in [-0.1, -0.05) is 261 Å². The number of halogens is 3. The quantitative estimate of drug-likeness (QED) is 0.0807. The number of aryl methyl sites for hydroxylation is 3. The smallest absolute Gasteiger partial charge is 0.350 e. The molecule has 3 radical (unpaired) electrons. The first-order chi connectivity index (χ1) is 30.2. The molecule has 0 saturated carbocycles. The number of alkyl halides is 1. The maximum absolute atomic E-state index is 10.7. The molecule has 1 atom stereocenters. The minimum atomic E-state index is -1.87. The minimum Gasteiger partial charge on any atom is -0.350 e. The van der Waals surface area contributed by atoms with Gasteiger partial charge in [-0.25, -0.2) is 10.3 Å². The van der Waals surface area contributed by atoms with Crippen molar-refractivity contribution >= 4 is 22.5 Å². The van der Waals surface area contributed by atoms with Gasteiger partial charge in [0.25, 0.3) is 0 Å². The molecule has 7 aromatic rings. The Morgan fingerprint density at radius 2 is 0.672 bits per heavy atom. The monoisotopic (exact) mass is 962 g/mol. The second kappa shape index (κ2) is 45.2. The number of hydrogen-bond donors (Lipinski definition) is 0. The molecule has 0 nitrogen and oxygen atoms in total. The van der Waals surface area contributed by atoms with Gasteiger partial charge in [0.05, 0.1) is 18.6 Å². The number of hydrogen-bond acceptors (Lipinski definition) is 0. The maximum atomic E-state index is 10.7. The zero-order valence-electron chi connectivity index (χ0n) is 39.5. The van der Waals surface area contributed by atoms with Crippen LogP contribution in [0.3, 0.4) is 0 Å². The van der Waals surface area contributed by atoms with Crippen molar-refractivity contribution in [3.05, 3.63) is 233 Å². The second-order valence-electron chi connectivity index (χ2n) is 12.3. The van der Waals surface area contributed by atoms with E-state index in [0.717, 1.165) is 6.42 Å². The molecule has 0 N–H and O–H groups in total. The van der Waals surface area contributed by atoms with Gasteiger partial charge in [0.1, 0.15) is 0 Å². The van der Waals surface area contributed by atoms with Gasteiger partial charge in [-0.3, -0.25) is 4.39 Å². The molecule has 0 aliphatic heterocycles. The van der Waals surface area contributed by atoms with Crippen molar-refractivity contribution in [2.45, 2.75) is 84.1 Å². The fraction of sp³-hybridized carbons (Fsp3) is 0.241. The van der Waals surface area contributed by atoms with Crippen LogP contribution in [0, 0.1) is 26.8 Å². The summed E-state index contributed by atoms with van der Waals surface area (Å²) in [6.45, 7) is 17.5. The summed E-state index contributed by atoms with van der Waals surface area (Å²) in [5, 5.41) is 0. The van der Waals surface area contributed by atoms with E-state index in [4.69, 9.17) is 6.96 Å². The van der Waals surface area contributed by atoms with Crippen LogP contribution in [0.25, 0.3) is 27.8 Å². The van der Waals surface area contributed by atoms with Crippen LogP contribution < -0.4 is 0 Å². The average molecular weight is 963 g/mol. The molecule has 9 rings (SSSR count). The number of benzene rings is 7. The SMILES string of the molecule is C.C.C.CC.CC.C[C-]=C1c2ccccc2-c2ccccc21.Cc1ccccc1.Cc1ccccc1.Cc1ccccc1.[2H]CF.[2H]P(C)F.[B]F.[Y].c1ccc2c(c1)Cc1ccccc1-2. The van der Waals surface area contributed by atoms with E-state index in [9.17, 15) is 8.59 Å². The van der Waals surface area contributed by atoms with Gasteiger partial charge in [0.15, 0.2) is 0 Å².